The first kappa shape index (κ1) is 11.6. The van der Waals surface area contributed by atoms with Crippen molar-refractivity contribution in [3.8, 4) is 5.75 Å². The van der Waals surface area contributed by atoms with Crippen LogP contribution in [0.2, 0.25) is 0 Å². The quantitative estimate of drug-likeness (QED) is 0.622. The van der Waals surface area contributed by atoms with E-state index in [1.807, 2.05) is 25.3 Å². The van der Waals surface area contributed by atoms with Gasteiger partial charge in [0.05, 0.1) is 16.6 Å². The number of thioether (sulfide) groups is 1. The lowest BCUT2D eigenvalue weighted by atomic mass is 10.2. The van der Waals surface area contributed by atoms with Crippen molar-refractivity contribution in [1.29, 1.82) is 0 Å². The van der Waals surface area contributed by atoms with E-state index in [0.717, 1.165) is 15.7 Å². The van der Waals surface area contributed by atoms with Crippen molar-refractivity contribution in [3.05, 3.63) is 22.2 Å². The van der Waals surface area contributed by atoms with Gasteiger partial charge in [0, 0.05) is 4.90 Å². The number of benzene rings is 1. The summed E-state index contributed by atoms with van der Waals surface area (Å²) in [6.07, 6.45) is 2.78. The normalized spacial score (nSPS) is 9.93. The molecule has 4 heteroatoms. The second-order valence-corrected chi connectivity index (χ2v) is 4.31. The SMILES string of the molecule is CCOc1c(Br)cc(SC)cc1C=O. The summed E-state index contributed by atoms with van der Waals surface area (Å²) in [5.74, 6) is 0.625. The Morgan fingerprint density at radius 1 is 1.57 bits per heavy atom. The molecule has 1 aromatic carbocycles. The molecule has 0 aliphatic carbocycles. The van der Waals surface area contributed by atoms with Crippen molar-refractivity contribution < 1.29 is 9.53 Å². The molecule has 0 amide bonds. The highest BCUT2D eigenvalue weighted by molar-refractivity contribution is 9.10. The van der Waals surface area contributed by atoms with E-state index in [1.54, 1.807) is 11.8 Å². The van der Waals surface area contributed by atoms with Crippen LogP contribution >= 0.6 is 27.7 Å². The third-order valence-corrected chi connectivity index (χ3v) is 2.99. The van der Waals surface area contributed by atoms with Gasteiger partial charge in [-0.1, -0.05) is 0 Å². The summed E-state index contributed by atoms with van der Waals surface area (Å²) >= 11 is 4.98. The van der Waals surface area contributed by atoms with Gasteiger partial charge in [-0.25, -0.2) is 0 Å². The zero-order valence-corrected chi connectivity index (χ0v) is 10.4. The van der Waals surface area contributed by atoms with Crippen LogP contribution in [0.5, 0.6) is 5.75 Å². The molecular formula is C10H11BrO2S. The van der Waals surface area contributed by atoms with Crippen LogP contribution in [0.25, 0.3) is 0 Å². The van der Waals surface area contributed by atoms with Gasteiger partial charge in [0.2, 0.25) is 0 Å². The molecule has 0 spiro atoms. The van der Waals surface area contributed by atoms with Crippen molar-refractivity contribution in [3.63, 3.8) is 0 Å². The molecule has 76 valence electrons. The molecule has 14 heavy (non-hydrogen) atoms. The van der Waals surface area contributed by atoms with E-state index in [-0.39, 0.29) is 0 Å². The minimum atomic E-state index is 0.554. The highest BCUT2D eigenvalue weighted by atomic mass is 79.9. The van der Waals surface area contributed by atoms with Crippen LogP contribution < -0.4 is 4.74 Å². The summed E-state index contributed by atoms with van der Waals surface area (Å²) in [6.45, 7) is 2.45. The zero-order chi connectivity index (χ0) is 10.6. The number of ether oxygens (including phenoxy) is 1. The molecule has 1 rings (SSSR count). The molecule has 0 aliphatic heterocycles. The summed E-state index contributed by atoms with van der Waals surface area (Å²) in [5.41, 5.74) is 0.588. The van der Waals surface area contributed by atoms with Crippen molar-refractivity contribution in [2.45, 2.75) is 11.8 Å². The smallest absolute Gasteiger partial charge is 0.153 e. The molecule has 0 saturated heterocycles. The number of hydrogen-bond donors (Lipinski definition) is 0. The lowest BCUT2D eigenvalue weighted by molar-refractivity contribution is 0.111. The lowest BCUT2D eigenvalue weighted by Crippen LogP contribution is -1.97. The van der Waals surface area contributed by atoms with Gasteiger partial charge >= 0.3 is 0 Å². The van der Waals surface area contributed by atoms with Gasteiger partial charge in [0.25, 0.3) is 0 Å². The van der Waals surface area contributed by atoms with Gasteiger partial charge in [0.1, 0.15) is 5.75 Å². The molecule has 0 aliphatic rings. The Morgan fingerprint density at radius 2 is 2.29 bits per heavy atom. The molecule has 0 bridgehead atoms. The fraction of sp³-hybridized carbons (Fsp3) is 0.300. The van der Waals surface area contributed by atoms with Gasteiger partial charge in [-0.15, -0.1) is 11.8 Å². The Hall–Kier alpha value is -0.480. The summed E-state index contributed by atoms with van der Waals surface area (Å²) in [5, 5.41) is 0. The van der Waals surface area contributed by atoms with E-state index in [9.17, 15) is 4.79 Å². The van der Waals surface area contributed by atoms with E-state index in [4.69, 9.17) is 4.74 Å². The topological polar surface area (TPSA) is 26.3 Å². The fourth-order valence-electron chi connectivity index (χ4n) is 1.09. The van der Waals surface area contributed by atoms with Crippen molar-refractivity contribution in [1.82, 2.24) is 0 Å². The first-order valence-electron chi connectivity index (χ1n) is 4.18. The van der Waals surface area contributed by atoms with Crippen molar-refractivity contribution >= 4 is 34.0 Å². The average molecular weight is 275 g/mol. The fourth-order valence-corrected chi connectivity index (χ4v) is 2.31. The molecular weight excluding hydrogens is 264 g/mol. The highest BCUT2D eigenvalue weighted by Gasteiger charge is 2.09. The van der Waals surface area contributed by atoms with Gasteiger partial charge in [-0.05, 0) is 41.2 Å². The largest absolute Gasteiger partial charge is 0.492 e. The van der Waals surface area contributed by atoms with Crippen LogP contribution in [0.4, 0.5) is 0 Å². The summed E-state index contributed by atoms with van der Waals surface area (Å²) in [4.78, 5) is 11.9. The lowest BCUT2D eigenvalue weighted by Gasteiger charge is -2.09. The van der Waals surface area contributed by atoms with E-state index in [0.29, 0.717) is 17.9 Å². The Kier molecular flexibility index (Phi) is 4.48. The maximum atomic E-state index is 10.8. The molecule has 2 nitrogen and oxygen atoms in total. The summed E-state index contributed by atoms with van der Waals surface area (Å²) in [7, 11) is 0. The molecule has 1 aromatic rings. The number of halogens is 1. The number of aldehydes is 1. The summed E-state index contributed by atoms with van der Waals surface area (Å²) in [6, 6.07) is 3.77. The standard InChI is InChI=1S/C10H11BrO2S/c1-3-13-10-7(6-12)4-8(14-2)5-9(10)11/h4-6H,3H2,1-2H3. The number of carbonyl (C=O) groups excluding carboxylic acids is 1. The average Bonchev–Trinajstić information content (AvgIpc) is 2.20. The van der Waals surface area contributed by atoms with E-state index >= 15 is 0 Å². The monoisotopic (exact) mass is 274 g/mol. The van der Waals surface area contributed by atoms with Gasteiger partial charge in [-0.3, -0.25) is 4.79 Å². The Labute approximate surface area is 96.2 Å². The Bertz CT molecular complexity index is 339. The van der Waals surface area contributed by atoms with E-state index in [2.05, 4.69) is 15.9 Å². The van der Waals surface area contributed by atoms with Crippen LogP contribution in [-0.4, -0.2) is 19.1 Å². The van der Waals surface area contributed by atoms with Gasteiger partial charge in [-0.2, -0.15) is 0 Å². The molecule has 0 fully saturated rings. The third-order valence-electron chi connectivity index (χ3n) is 1.70. The number of rotatable bonds is 4. The second kappa shape index (κ2) is 5.41. The second-order valence-electron chi connectivity index (χ2n) is 2.58. The molecule has 0 unspecified atom stereocenters. The minimum absolute atomic E-state index is 0.554. The van der Waals surface area contributed by atoms with E-state index in [1.165, 1.54) is 0 Å². The molecule has 0 saturated carbocycles. The maximum absolute atomic E-state index is 10.8. The first-order valence-corrected chi connectivity index (χ1v) is 6.20. The Balaban J connectivity index is 3.19. The van der Waals surface area contributed by atoms with Crippen LogP contribution in [0.3, 0.4) is 0 Å². The predicted molar refractivity (Wildman–Crippen MR) is 62.5 cm³/mol. The molecule has 0 N–H and O–H groups in total. The van der Waals surface area contributed by atoms with Crippen LogP contribution in [0.15, 0.2) is 21.5 Å². The van der Waals surface area contributed by atoms with Crippen molar-refractivity contribution in [2.24, 2.45) is 0 Å². The zero-order valence-electron chi connectivity index (χ0n) is 8.04. The highest BCUT2D eigenvalue weighted by Crippen LogP contribution is 2.32. The van der Waals surface area contributed by atoms with Crippen LogP contribution in [0.1, 0.15) is 17.3 Å². The van der Waals surface area contributed by atoms with Gasteiger partial charge in [0.15, 0.2) is 6.29 Å². The van der Waals surface area contributed by atoms with Crippen LogP contribution in [0, 0.1) is 0 Å². The molecule has 0 aromatic heterocycles. The number of carbonyl (C=O) groups is 1. The molecule has 0 radical (unpaired) electrons. The predicted octanol–water partition coefficient (Wildman–Crippen LogP) is 3.38. The molecule has 0 heterocycles. The van der Waals surface area contributed by atoms with Crippen LogP contribution in [-0.2, 0) is 0 Å². The van der Waals surface area contributed by atoms with Crippen molar-refractivity contribution in [2.75, 3.05) is 12.9 Å². The van der Waals surface area contributed by atoms with E-state index < -0.39 is 0 Å². The number of hydrogen-bond acceptors (Lipinski definition) is 3. The first-order chi connectivity index (χ1) is 6.72. The summed E-state index contributed by atoms with van der Waals surface area (Å²) < 4.78 is 6.20. The van der Waals surface area contributed by atoms with Gasteiger partial charge < -0.3 is 4.74 Å². The third kappa shape index (κ3) is 2.51. The molecule has 0 atom stereocenters. The maximum Gasteiger partial charge on any atom is 0.153 e. The minimum Gasteiger partial charge on any atom is -0.492 e. The Morgan fingerprint density at radius 3 is 2.79 bits per heavy atom.